The van der Waals surface area contributed by atoms with Crippen LogP contribution in [0.4, 0.5) is 0 Å². The molecule has 0 unspecified atom stereocenters. The fraction of sp³-hybridized carbons (Fsp3) is 0.500. The topological polar surface area (TPSA) is 69.3 Å². The predicted molar refractivity (Wildman–Crippen MR) is 92.6 cm³/mol. The van der Waals surface area contributed by atoms with Gasteiger partial charge >= 0.3 is 0 Å². The van der Waals surface area contributed by atoms with Crippen LogP contribution >= 0.6 is 0 Å². The van der Waals surface area contributed by atoms with Crippen molar-refractivity contribution in [3.05, 3.63) is 30.1 Å². The van der Waals surface area contributed by atoms with E-state index in [2.05, 4.69) is 23.8 Å². The summed E-state index contributed by atoms with van der Waals surface area (Å²) in [5.74, 6) is 0.572. The van der Waals surface area contributed by atoms with E-state index in [1.54, 1.807) is 6.33 Å². The van der Waals surface area contributed by atoms with Crippen molar-refractivity contribution in [2.24, 2.45) is 5.92 Å². The molecule has 1 aliphatic rings. The molecule has 1 N–H and O–H groups in total. The molecule has 6 nitrogen and oxygen atoms in total. The van der Waals surface area contributed by atoms with E-state index in [-0.39, 0.29) is 11.8 Å². The molecule has 0 bridgehead atoms. The summed E-state index contributed by atoms with van der Waals surface area (Å²) in [4.78, 5) is 35.9. The molecule has 0 spiro atoms. The maximum absolute atomic E-state index is 12.8. The van der Waals surface area contributed by atoms with Gasteiger partial charge in [-0.3, -0.25) is 9.59 Å². The molecule has 3 rings (SSSR count). The van der Waals surface area contributed by atoms with Gasteiger partial charge in [-0.1, -0.05) is 13.8 Å². The molecule has 1 aliphatic heterocycles. The van der Waals surface area contributed by atoms with Crippen LogP contribution in [-0.4, -0.2) is 57.8 Å². The molecule has 2 amide bonds. The van der Waals surface area contributed by atoms with Crippen molar-refractivity contribution in [1.82, 2.24) is 19.8 Å². The Kier molecular flexibility index (Phi) is 4.83. The maximum Gasteiger partial charge on any atom is 0.253 e. The first kappa shape index (κ1) is 16.5. The monoisotopic (exact) mass is 328 g/mol. The SMILES string of the molecule is CC(C)CC(=O)N1CCCN(C(=O)c2ccc3nc[nH]c3c2)CC1. The number of nitrogens with one attached hydrogen (secondary N) is 1. The van der Waals surface area contributed by atoms with Gasteiger partial charge in [0.1, 0.15) is 0 Å². The minimum absolute atomic E-state index is 0.0182. The second-order valence-corrected chi connectivity index (χ2v) is 6.76. The minimum Gasteiger partial charge on any atom is -0.345 e. The van der Waals surface area contributed by atoms with Crippen molar-refractivity contribution in [1.29, 1.82) is 0 Å². The van der Waals surface area contributed by atoms with Crippen molar-refractivity contribution < 1.29 is 9.59 Å². The predicted octanol–water partition coefficient (Wildman–Crippen LogP) is 2.28. The molecule has 0 aliphatic carbocycles. The number of hydrogen-bond donors (Lipinski definition) is 1. The lowest BCUT2D eigenvalue weighted by molar-refractivity contribution is -0.131. The summed E-state index contributed by atoms with van der Waals surface area (Å²) >= 11 is 0. The van der Waals surface area contributed by atoms with Crippen molar-refractivity contribution in [2.45, 2.75) is 26.7 Å². The van der Waals surface area contributed by atoms with Gasteiger partial charge in [0, 0.05) is 38.2 Å². The first-order chi connectivity index (χ1) is 11.5. The molecule has 1 aromatic carbocycles. The zero-order valence-electron chi connectivity index (χ0n) is 14.3. The Morgan fingerprint density at radius 1 is 1.17 bits per heavy atom. The number of imidazole rings is 1. The molecular weight excluding hydrogens is 304 g/mol. The number of amides is 2. The van der Waals surface area contributed by atoms with Crippen LogP contribution in [0.1, 0.15) is 37.0 Å². The van der Waals surface area contributed by atoms with Gasteiger partial charge in [-0.2, -0.15) is 0 Å². The third kappa shape index (κ3) is 3.58. The highest BCUT2D eigenvalue weighted by atomic mass is 16.2. The Morgan fingerprint density at radius 2 is 1.92 bits per heavy atom. The molecule has 0 radical (unpaired) electrons. The molecule has 2 aromatic rings. The Morgan fingerprint density at radius 3 is 2.71 bits per heavy atom. The van der Waals surface area contributed by atoms with Crippen LogP contribution in [0.3, 0.4) is 0 Å². The Bertz CT molecular complexity index is 737. The van der Waals surface area contributed by atoms with E-state index in [0.29, 0.717) is 37.5 Å². The van der Waals surface area contributed by atoms with E-state index < -0.39 is 0 Å². The zero-order valence-corrected chi connectivity index (χ0v) is 14.3. The molecular formula is C18H24N4O2. The first-order valence-electron chi connectivity index (χ1n) is 8.55. The van der Waals surface area contributed by atoms with E-state index in [1.165, 1.54) is 0 Å². The first-order valence-corrected chi connectivity index (χ1v) is 8.55. The van der Waals surface area contributed by atoms with Crippen LogP contribution in [0.25, 0.3) is 11.0 Å². The number of benzene rings is 1. The van der Waals surface area contributed by atoms with Crippen molar-refractivity contribution in [3.8, 4) is 0 Å². The Balaban J connectivity index is 1.66. The quantitative estimate of drug-likeness (QED) is 0.940. The van der Waals surface area contributed by atoms with Gasteiger partial charge in [-0.25, -0.2) is 4.98 Å². The largest absolute Gasteiger partial charge is 0.345 e. The summed E-state index contributed by atoms with van der Waals surface area (Å²) in [6.45, 7) is 6.72. The van der Waals surface area contributed by atoms with E-state index in [4.69, 9.17) is 0 Å². The highest BCUT2D eigenvalue weighted by Crippen LogP contribution is 2.15. The third-order valence-electron chi connectivity index (χ3n) is 4.39. The van der Waals surface area contributed by atoms with Crippen LogP contribution in [0.5, 0.6) is 0 Å². The van der Waals surface area contributed by atoms with E-state index in [0.717, 1.165) is 24.0 Å². The van der Waals surface area contributed by atoms with Crippen molar-refractivity contribution in [3.63, 3.8) is 0 Å². The highest BCUT2D eigenvalue weighted by molar-refractivity contribution is 5.97. The number of aromatic amines is 1. The molecule has 0 atom stereocenters. The second kappa shape index (κ2) is 7.03. The average Bonchev–Trinajstić information content (AvgIpc) is 2.87. The summed E-state index contributed by atoms with van der Waals surface area (Å²) in [6, 6.07) is 5.52. The van der Waals surface area contributed by atoms with Crippen molar-refractivity contribution >= 4 is 22.8 Å². The van der Waals surface area contributed by atoms with E-state index in [9.17, 15) is 9.59 Å². The summed E-state index contributed by atoms with van der Waals surface area (Å²) < 4.78 is 0. The maximum atomic E-state index is 12.8. The number of carbonyl (C=O) groups is 2. The van der Waals surface area contributed by atoms with Crippen LogP contribution < -0.4 is 0 Å². The van der Waals surface area contributed by atoms with Gasteiger partial charge in [-0.05, 0) is 30.5 Å². The number of H-pyrrole nitrogens is 1. The van der Waals surface area contributed by atoms with Gasteiger partial charge in [-0.15, -0.1) is 0 Å². The van der Waals surface area contributed by atoms with Crippen molar-refractivity contribution in [2.75, 3.05) is 26.2 Å². The lowest BCUT2D eigenvalue weighted by Crippen LogP contribution is -2.37. The number of nitrogens with zero attached hydrogens (tertiary/aromatic N) is 3. The lowest BCUT2D eigenvalue weighted by atomic mass is 10.1. The number of fused-ring (bicyclic) bond motifs is 1. The van der Waals surface area contributed by atoms with Gasteiger partial charge in [0.15, 0.2) is 0 Å². The Labute approximate surface area is 141 Å². The van der Waals surface area contributed by atoms with E-state index in [1.807, 2.05) is 28.0 Å². The molecule has 1 saturated heterocycles. The van der Waals surface area contributed by atoms with Gasteiger partial charge in [0.25, 0.3) is 5.91 Å². The number of hydrogen-bond acceptors (Lipinski definition) is 3. The smallest absolute Gasteiger partial charge is 0.253 e. The van der Waals surface area contributed by atoms with Gasteiger partial charge in [0.05, 0.1) is 17.4 Å². The van der Waals surface area contributed by atoms with Gasteiger partial charge in [0.2, 0.25) is 5.91 Å². The molecule has 0 saturated carbocycles. The third-order valence-corrected chi connectivity index (χ3v) is 4.39. The summed E-state index contributed by atoms with van der Waals surface area (Å²) in [5, 5.41) is 0. The lowest BCUT2D eigenvalue weighted by Gasteiger charge is -2.23. The van der Waals surface area contributed by atoms with Crippen LogP contribution in [0, 0.1) is 5.92 Å². The summed E-state index contributed by atoms with van der Waals surface area (Å²) in [6.07, 6.45) is 3.02. The average molecular weight is 328 g/mol. The molecule has 128 valence electrons. The number of aromatic nitrogens is 2. The number of carbonyl (C=O) groups excluding carboxylic acids is 2. The second-order valence-electron chi connectivity index (χ2n) is 6.76. The molecule has 1 fully saturated rings. The summed E-state index contributed by atoms with van der Waals surface area (Å²) in [7, 11) is 0. The van der Waals surface area contributed by atoms with E-state index >= 15 is 0 Å². The van der Waals surface area contributed by atoms with Crippen LogP contribution in [0.2, 0.25) is 0 Å². The highest BCUT2D eigenvalue weighted by Gasteiger charge is 2.23. The minimum atomic E-state index is 0.0182. The fourth-order valence-electron chi connectivity index (χ4n) is 3.10. The fourth-order valence-corrected chi connectivity index (χ4v) is 3.10. The zero-order chi connectivity index (χ0) is 17.1. The summed E-state index contributed by atoms with van der Waals surface area (Å²) in [5.41, 5.74) is 2.38. The molecule has 6 heteroatoms. The standard InChI is InChI=1S/C18H24N4O2/c1-13(2)10-17(23)21-6-3-7-22(9-8-21)18(24)14-4-5-15-16(11-14)20-12-19-15/h4-5,11-13H,3,6-10H2,1-2H3,(H,19,20). The van der Waals surface area contributed by atoms with Gasteiger partial charge < -0.3 is 14.8 Å². The Hall–Kier alpha value is -2.37. The normalized spacial score (nSPS) is 15.8. The molecule has 24 heavy (non-hydrogen) atoms. The molecule has 2 heterocycles. The molecule has 1 aromatic heterocycles. The van der Waals surface area contributed by atoms with Crippen LogP contribution in [-0.2, 0) is 4.79 Å². The number of rotatable bonds is 3. The van der Waals surface area contributed by atoms with Crippen LogP contribution in [0.15, 0.2) is 24.5 Å².